The molecule has 0 radical (unpaired) electrons. The molecule has 3 heterocycles. The number of rotatable bonds is 10. The highest BCUT2D eigenvalue weighted by Gasteiger charge is 2.15. The highest BCUT2D eigenvalue weighted by Crippen LogP contribution is 2.28. The molecule has 0 saturated carbocycles. The zero-order valence-electron chi connectivity index (χ0n) is 23.2. The van der Waals surface area contributed by atoms with Crippen LogP contribution < -0.4 is 10.6 Å². The van der Waals surface area contributed by atoms with Gasteiger partial charge < -0.3 is 20.4 Å². The van der Waals surface area contributed by atoms with E-state index in [1.807, 2.05) is 69.5 Å². The van der Waals surface area contributed by atoms with E-state index in [1.165, 1.54) is 12.8 Å². The molecule has 3 aromatic rings. The van der Waals surface area contributed by atoms with Crippen LogP contribution in [0.1, 0.15) is 37.9 Å². The predicted molar refractivity (Wildman–Crippen MR) is 163 cm³/mol. The average molecular weight is 509 g/mol. The number of allylic oxidation sites excluding steroid dienone is 1. The molecular formula is C32H40N6. The molecule has 198 valence electrons. The van der Waals surface area contributed by atoms with Crippen LogP contribution in [-0.4, -0.2) is 47.0 Å². The summed E-state index contributed by atoms with van der Waals surface area (Å²) in [4.78, 5) is 13.2. The first-order valence-corrected chi connectivity index (χ1v) is 13.1. The predicted octanol–water partition coefficient (Wildman–Crippen LogP) is 7.32. The summed E-state index contributed by atoms with van der Waals surface area (Å²) >= 11 is 0. The maximum atomic E-state index is 4.61. The molecule has 2 N–H and O–H groups in total. The molecule has 38 heavy (non-hydrogen) atoms. The third-order valence-electron chi connectivity index (χ3n) is 6.32. The lowest BCUT2D eigenvalue weighted by Crippen LogP contribution is -2.17. The monoisotopic (exact) mass is 508 g/mol. The Hall–Kier alpha value is -4.32. The zero-order chi connectivity index (χ0) is 27.7. The second-order valence-electron chi connectivity index (χ2n) is 9.16. The minimum Gasteiger partial charge on any atom is -0.370 e. The summed E-state index contributed by atoms with van der Waals surface area (Å²) in [6.07, 6.45) is 7.88. The van der Waals surface area contributed by atoms with Gasteiger partial charge >= 0.3 is 0 Å². The number of aromatic nitrogens is 2. The van der Waals surface area contributed by atoms with E-state index in [-0.39, 0.29) is 0 Å². The van der Waals surface area contributed by atoms with Crippen molar-refractivity contribution in [3.63, 3.8) is 0 Å². The lowest BCUT2D eigenvalue weighted by Gasteiger charge is -2.20. The molecule has 0 aliphatic carbocycles. The van der Waals surface area contributed by atoms with Crippen molar-refractivity contribution in [2.45, 2.75) is 26.7 Å². The van der Waals surface area contributed by atoms with Crippen molar-refractivity contribution in [1.82, 2.24) is 19.8 Å². The molecule has 1 aliphatic rings. The third-order valence-corrected chi connectivity index (χ3v) is 6.32. The van der Waals surface area contributed by atoms with Gasteiger partial charge in [-0.2, -0.15) is 0 Å². The van der Waals surface area contributed by atoms with E-state index in [9.17, 15) is 0 Å². The molecule has 0 amide bonds. The first-order chi connectivity index (χ1) is 18.3. The molecule has 0 spiro atoms. The van der Waals surface area contributed by atoms with Gasteiger partial charge in [0.1, 0.15) is 0 Å². The lowest BCUT2D eigenvalue weighted by molar-refractivity contribution is 0.492. The minimum atomic E-state index is 0.718. The van der Waals surface area contributed by atoms with Gasteiger partial charge in [-0.05, 0) is 53.8 Å². The summed E-state index contributed by atoms with van der Waals surface area (Å²) in [6.45, 7) is 22.8. The highest BCUT2D eigenvalue weighted by molar-refractivity contribution is 5.82. The Morgan fingerprint density at radius 2 is 1.58 bits per heavy atom. The summed E-state index contributed by atoms with van der Waals surface area (Å²) in [6, 6.07) is 14.3. The summed E-state index contributed by atoms with van der Waals surface area (Å²) < 4.78 is 0. The summed E-state index contributed by atoms with van der Waals surface area (Å²) in [5, 5.41) is 6.61. The highest BCUT2D eigenvalue weighted by atomic mass is 15.2. The number of anilines is 2. The van der Waals surface area contributed by atoms with Gasteiger partial charge in [0, 0.05) is 44.6 Å². The van der Waals surface area contributed by atoms with Crippen LogP contribution in [0.15, 0.2) is 98.9 Å². The van der Waals surface area contributed by atoms with Crippen molar-refractivity contribution in [3.8, 4) is 11.1 Å². The number of benzene rings is 1. The Labute approximate surface area is 228 Å². The van der Waals surface area contributed by atoms with E-state index in [2.05, 4.69) is 70.0 Å². The van der Waals surface area contributed by atoms with Crippen LogP contribution in [0.4, 0.5) is 11.4 Å². The van der Waals surface area contributed by atoms with Gasteiger partial charge in [0.25, 0.3) is 0 Å². The molecule has 4 rings (SSSR count). The number of nitrogens with zero attached hydrogens (tertiary/aromatic N) is 4. The van der Waals surface area contributed by atoms with Crippen molar-refractivity contribution in [3.05, 3.63) is 110 Å². The van der Waals surface area contributed by atoms with Crippen LogP contribution in [0.2, 0.25) is 0 Å². The number of hydrogen-bond donors (Lipinski definition) is 2. The smallest absolute Gasteiger partial charge is 0.0978 e. The fraction of sp³-hybridized carbons (Fsp3) is 0.250. The molecule has 1 fully saturated rings. The van der Waals surface area contributed by atoms with Gasteiger partial charge in [0.15, 0.2) is 0 Å². The normalized spacial score (nSPS) is 12.2. The quantitative estimate of drug-likeness (QED) is 0.280. The second kappa shape index (κ2) is 13.3. The largest absolute Gasteiger partial charge is 0.370 e. The molecule has 1 saturated heterocycles. The summed E-state index contributed by atoms with van der Waals surface area (Å²) in [7, 11) is 3.89. The number of hydrogen-bond acceptors (Lipinski definition) is 6. The molecule has 0 unspecified atom stereocenters. The Morgan fingerprint density at radius 1 is 0.842 bits per heavy atom. The van der Waals surface area contributed by atoms with Crippen molar-refractivity contribution < 1.29 is 0 Å². The fourth-order valence-electron chi connectivity index (χ4n) is 4.04. The first kappa shape index (κ1) is 28.3. The van der Waals surface area contributed by atoms with E-state index >= 15 is 0 Å². The molecule has 6 nitrogen and oxygen atoms in total. The molecule has 2 aromatic heterocycles. The van der Waals surface area contributed by atoms with Gasteiger partial charge in [0.05, 0.1) is 41.0 Å². The Morgan fingerprint density at radius 3 is 2.24 bits per heavy atom. The maximum absolute atomic E-state index is 4.61. The van der Waals surface area contributed by atoms with Gasteiger partial charge in [-0.3, -0.25) is 9.97 Å². The summed E-state index contributed by atoms with van der Waals surface area (Å²) in [5.41, 5.74) is 8.18. The van der Waals surface area contributed by atoms with E-state index in [1.54, 1.807) is 6.20 Å². The second-order valence-corrected chi connectivity index (χ2v) is 9.16. The molecule has 1 aliphatic heterocycles. The summed E-state index contributed by atoms with van der Waals surface area (Å²) in [5.74, 6) is 0.793. The Bertz CT molecular complexity index is 1280. The van der Waals surface area contributed by atoms with Gasteiger partial charge in [-0.15, -0.1) is 0 Å². The molecule has 0 atom stereocenters. The molecule has 1 aromatic carbocycles. The number of pyridine rings is 2. The van der Waals surface area contributed by atoms with Crippen LogP contribution in [0.3, 0.4) is 0 Å². The van der Waals surface area contributed by atoms with E-state index < -0.39 is 0 Å². The van der Waals surface area contributed by atoms with E-state index in [0.29, 0.717) is 0 Å². The van der Waals surface area contributed by atoms with Gasteiger partial charge in [-0.1, -0.05) is 58.4 Å². The van der Waals surface area contributed by atoms with Crippen molar-refractivity contribution in [1.29, 1.82) is 0 Å². The molecular weight excluding hydrogens is 468 g/mol. The fourth-order valence-corrected chi connectivity index (χ4v) is 4.04. The number of likely N-dealkylation sites (tertiary alicyclic amines) is 1. The van der Waals surface area contributed by atoms with Crippen LogP contribution >= 0.6 is 0 Å². The van der Waals surface area contributed by atoms with Crippen molar-refractivity contribution in [2.24, 2.45) is 0 Å². The average Bonchev–Trinajstić information content (AvgIpc) is 3.49. The lowest BCUT2D eigenvalue weighted by atomic mass is 9.99. The van der Waals surface area contributed by atoms with Crippen LogP contribution in [0.25, 0.3) is 22.4 Å². The topological polar surface area (TPSA) is 56.3 Å². The molecule has 0 bridgehead atoms. The van der Waals surface area contributed by atoms with Crippen molar-refractivity contribution in [2.75, 3.05) is 37.8 Å². The van der Waals surface area contributed by atoms with Gasteiger partial charge in [0.2, 0.25) is 0 Å². The standard InChI is InChI=1S/C30H34N6.C2H6/c1-21(22(2)33-28-12-13-30(32-20-28)23(3)36-14-7-8-15-36)25-10-9-11-26(16-25)27-17-29(19-31-18-27)34-24(4)35(5)6;1-2/h9-13,16-20,33-34H,1-4,7-8,14-15H2,5-6H3;1-2H3. The third kappa shape index (κ3) is 7.13. The van der Waals surface area contributed by atoms with E-state index in [0.717, 1.165) is 69.6 Å². The SMILES string of the molecule is C=C(Nc1ccc(C(=C)N2CCCC2)nc1)C(=C)c1cccc(-c2cncc(NC(=C)N(C)C)c2)c1.CC. The first-order valence-electron chi connectivity index (χ1n) is 13.1. The number of nitrogens with one attached hydrogen (secondary N) is 2. The van der Waals surface area contributed by atoms with Crippen LogP contribution in [-0.2, 0) is 0 Å². The van der Waals surface area contributed by atoms with Crippen molar-refractivity contribution >= 4 is 22.6 Å². The molecule has 6 heteroatoms. The Balaban J connectivity index is 0.00000195. The van der Waals surface area contributed by atoms with Crippen LogP contribution in [0, 0.1) is 0 Å². The minimum absolute atomic E-state index is 0.718. The van der Waals surface area contributed by atoms with Crippen LogP contribution in [0.5, 0.6) is 0 Å². The van der Waals surface area contributed by atoms with Gasteiger partial charge in [-0.25, -0.2) is 0 Å². The van der Waals surface area contributed by atoms with E-state index in [4.69, 9.17) is 0 Å². The zero-order valence-corrected chi connectivity index (χ0v) is 23.2. The Kier molecular flexibility index (Phi) is 9.88. The maximum Gasteiger partial charge on any atom is 0.0978 e.